The van der Waals surface area contributed by atoms with Gasteiger partial charge in [0.1, 0.15) is 5.75 Å². The zero-order valence-electron chi connectivity index (χ0n) is 11.5. The van der Waals surface area contributed by atoms with E-state index in [-0.39, 0.29) is 11.5 Å². The number of rotatable bonds is 3. The summed E-state index contributed by atoms with van der Waals surface area (Å²) < 4.78 is 28.2. The molecule has 1 fully saturated rings. The van der Waals surface area contributed by atoms with Crippen molar-refractivity contribution in [2.24, 2.45) is 0 Å². The molecule has 1 heterocycles. The van der Waals surface area contributed by atoms with Crippen LogP contribution in [0.25, 0.3) is 0 Å². The lowest BCUT2D eigenvalue weighted by molar-refractivity contribution is 0.415. The molecule has 5 nitrogen and oxygen atoms in total. The summed E-state index contributed by atoms with van der Waals surface area (Å²) in [7, 11) is -1.34. The molecule has 2 rings (SSSR count). The Morgan fingerprint density at radius 2 is 2.00 bits per heavy atom. The molecule has 1 aliphatic heterocycles. The predicted octanol–water partition coefficient (Wildman–Crippen LogP) is 1.56. The van der Waals surface area contributed by atoms with Crippen molar-refractivity contribution in [2.75, 3.05) is 23.9 Å². The molecular weight excluding hydrogens is 296 g/mol. The van der Waals surface area contributed by atoms with Crippen molar-refractivity contribution in [1.82, 2.24) is 5.32 Å². The van der Waals surface area contributed by atoms with E-state index in [1.54, 1.807) is 7.11 Å². The van der Waals surface area contributed by atoms with Gasteiger partial charge in [-0.15, -0.1) is 0 Å². The average molecular weight is 314 g/mol. The number of nitrogens with one attached hydrogen (secondary N) is 2. The quantitative estimate of drug-likeness (QED) is 0.825. The van der Waals surface area contributed by atoms with E-state index in [1.807, 2.05) is 31.2 Å². The molecule has 1 aliphatic rings. The van der Waals surface area contributed by atoms with Crippen LogP contribution in [0, 0.1) is 0 Å². The first-order valence-electron chi connectivity index (χ1n) is 6.26. The van der Waals surface area contributed by atoms with Crippen LogP contribution in [0.3, 0.4) is 0 Å². The fraction of sp³-hybridized carbons (Fsp3) is 0.462. The van der Waals surface area contributed by atoms with Gasteiger partial charge in [-0.3, -0.25) is 0 Å². The van der Waals surface area contributed by atoms with E-state index in [4.69, 9.17) is 17.0 Å². The first kappa shape index (κ1) is 15.1. The Hall–Kier alpha value is -1.34. The lowest BCUT2D eigenvalue weighted by Crippen LogP contribution is -2.48. The summed E-state index contributed by atoms with van der Waals surface area (Å²) in [5.41, 5.74) is 0.336. The standard InChI is InChI=1S/C13H18N2O3S2/c1-13(7-8-20(16,17)9-13)15-12(19)14-10-3-5-11(18-2)6-4-10/h3-6H,7-9H2,1-2H3,(H2,14,15,19). The minimum atomic E-state index is -2.95. The van der Waals surface area contributed by atoms with E-state index in [0.29, 0.717) is 11.5 Å². The molecule has 110 valence electrons. The van der Waals surface area contributed by atoms with Crippen molar-refractivity contribution < 1.29 is 13.2 Å². The summed E-state index contributed by atoms with van der Waals surface area (Å²) in [6, 6.07) is 7.35. The van der Waals surface area contributed by atoms with Gasteiger partial charge >= 0.3 is 0 Å². The number of benzene rings is 1. The summed E-state index contributed by atoms with van der Waals surface area (Å²) in [4.78, 5) is 0. The molecule has 1 saturated heterocycles. The van der Waals surface area contributed by atoms with E-state index in [2.05, 4.69) is 10.6 Å². The van der Waals surface area contributed by atoms with Crippen LogP contribution >= 0.6 is 12.2 Å². The van der Waals surface area contributed by atoms with Crippen LogP contribution in [-0.4, -0.2) is 37.7 Å². The van der Waals surface area contributed by atoms with E-state index in [0.717, 1.165) is 11.4 Å². The topological polar surface area (TPSA) is 67.4 Å². The molecule has 1 atom stereocenters. The van der Waals surface area contributed by atoms with Gasteiger partial charge in [0.2, 0.25) is 0 Å². The summed E-state index contributed by atoms with van der Waals surface area (Å²) >= 11 is 5.23. The Kier molecular flexibility index (Phi) is 4.19. The fourth-order valence-electron chi connectivity index (χ4n) is 2.22. The number of hydrogen-bond acceptors (Lipinski definition) is 4. The largest absolute Gasteiger partial charge is 0.497 e. The molecule has 1 unspecified atom stereocenters. The molecule has 0 amide bonds. The Morgan fingerprint density at radius 1 is 1.35 bits per heavy atom. The lowest BCUT2D eigenvalue weighted by Gasteiger charge is -2.26. The predicted molar refractivity (Wildman–Crippen MR) is 84.0 cm³/mol. The fourth-order valence-corrected chi connectivity index (χ4v) is 4.68. The maximum absolute atomic E-state index is 11.5. The highest BCUT2D eigenvalue weighted by Crippen LogP contribution is 2.23. The second-order valence-electron chi connectivity index (χ2n) is 5.21. The third-order valence-electron chi connectivity index (χ3n) is 3.27. The van der Waals surface area contributed by atoms with Gasteiger partial charge in [0.05, 0.1) is 24.2 Å². The average Bonchev–Trinajstić information content (AvgIpc) is 2.64. The maximum Gasteiger partial charge on any atom is 0.171 e. The molecule has 0 aromatic heterocycles. The highest BCUT2D eigenvalue weighted by molar-refractivity contribution is 7.91. The van der Waals surface area contributed by atoms with Gasteiger partial charge in [0.15, 0.2) is 14.9 Å². The Labute approximate surface area is 124 Å². The third kappa shape index (κ3) is 3.83. The molecule has 0 bridgehead atoms. The maximum atomic E-state index is 11.5. The zero-order chi connectivity index (χ0) is 14.8. The number of hydrogen-bond donors (Lipinski definition) is 2. The molecule has 7 heteroatoms. The number of anilines is 1. The van der Waals surface area contributed by atoms with E-state index < -0.39 is 15.4 Å². The minimum Gasteiger partial charge on any atom is -0.497 e. The minimum absolute atomic E-state index is 0.116. The van der Waals surface area contributed by atoms with Crippen molar-refractivity contribution in [1.29, 1.82) is 0 Å². The van der Waals surface area contributed by atoms with Crippen molar-refractivity contribution in [3.8, 4) is 5.75 Å². The van der Waals surface area contributed by atoms with Crippen LogP contribution in [0.4, 0.5) is 5.69 Å². The van der Waals surface area contributed by atoms with Crippen LogP contribution in [0.5, 0.6) is 5.75 Å². The molecule has 0 saturated carbocycles. The monoisotopic (exact) mass is 314 g/mol. The second-order valence-corrected chi connectivity index (χ2v) is 7.80. The SMILES string of the molecule is COc1ccc(NC(=S)NC2(C)CCS(=O)(=O)C2)cc1. The van der Waals surface area contributed by atoms with Gasteiger partial charge in [-0.2, -0.15) is 0 Å². The van der Waals surface area contributed by atoms with Crippen molar-refractivity contribution in [3.63, 3.8) is 0 Å². The zero-order valence-corrected chi connectivity index (χ0v) is 13.1. The summed E-state index contributed by atoms with van der Waals surface area (Å²) in [6.07, 6.45) is 0.569. The highest BCUT2D eigenvalue weighted by atomic mass is 32.2. The van der Waals surface area contributed by atoms with Gasteiger partial charge in [0.25, 0.3) is 0 Å². The number of ether oxygens (including phenoxy) is 1. The van der Waals surface area contributed by atoms with Crippen molar-refractivity contribution in [3.05, 3.63) is 24.3 Å². The smallest absolute Gasteiger partial charge is 0.171 e. The summed E-state index contributed by atoms with van der Waals surface area (Å²) in [5, 5.41) is 6.57. The Morgan fingerprint density at radius 3 is 2.50 bits per heavy atom. The number of methoxy groups -OCH3 is 1. The molecule has 1 aromatic rings. The third-order valence-corrected chi connectivity index (χ3v) is 5.37. The van der Waals surface area contributed by atoms with Gasteiger partial charge in [-0.25, -0.2) is 8.42 Å². The Balaban J connectivity index is 1.95. The summed E-state index contributed by atoms with van der Waals surface area (Å²) in [6.45, 7) is 1.87. The molecule has 0 spiro atoms. The Bertz CT molecular complexity index is 599. The van der Waals surface area contributed by atoms with E-state index in [9.17, 15) is 8.42 Å². The van der Waals surface area contributed by atoms with Crippen LogP contribution in [-0.2, 0) is 9.84 Å². The molecule has 1 aromatic carbocycles. The van der Waals surface area contributed by atoms with Crippen LogP contribution in [0.15, 0.2) is 24.3 Å². The van der Waals surface area contributed by atoms with Crippen LogP contribution in [0.1, 0.15) is 13.3 Å². The number of thiocarbonyl (C=S) groups is 1. The first-order valence-corrected chi connectivity index (χ1v) is 8.49. The summed E-state index contributed by atoms with van der Waals surface area (Å²) in [5.74, 6) is 1.09. The van der Waals surface area contributed by atoms with Gasteiger partial charge in [-0.05, 0) is 49.8 Å². The first-order chi connectivity index (χ1) is 9.32. The second kappa shape index (κ2) is 5.57. The molecule has 20 heavy (non-hydrogen) atoms. The van der Waals surface area contributed by atoms with Gasteiger partial charge in [0, 0.05) is 5.69 Å². The van der Waals surface area contributed by atoms with Crippen molar-refractivity contribution in [2.45, 2.75) is 18.9 Å². The van der Waals surface area contributed by atoms with Gasteiger partial charge < -0.3 is 15.4 Å². The lowest BCUT2D eigenvalue weighted by atomic mass is 10.0. The van der Waals surface area contributed by atoms with E-state index >= 15 is 0 Å². The van der Waals surface area contributed by atoms with E-state index in [1.165, 1.54) is 0 Å². The molecule has 0 radical (unpaired) electrons. The van der Waals surface area contributed by atoms with Crippen LogP contribution in [0.2, 0.25) is 0 Å². The van der Waals surface area contributed by atoms with Gasteiger partial charge in [-0.1, -0.05) is 0 Å². The normalized spacial score (nSPS) is 24.1. The molecular formula is C13H18N2O3S2. The number of sulfone groups is 1. The molecule has 0 aliphatic carbocycles. The van der Waals surface area contributed by atoms with Crippen molar-refractivity contribution >= 4 is 32.9 Å². The highest BCUT2D eigenvalue weighted by Gasteiger charge is 2.38. The van der Waals surface area contributed by atoms with Crippen LogP contribution < -0.4 is 15.4 Å². The molecule has 2 N–H and O–H groups in total.